The predicted octanol–water partition coefficient (Wildman–Crippen LogP) is 0.443. The molecule has 1 aliphatic rings. The molecule has 0 saturated carbocycles. The molecule has 1 aromatic rings. The molecule has 2 heterocycles. The van der Waals surface area contributed by atoms with Crippen LogP contribution in [-0.2, 0) is 0 Å². The van der Waals surface area contributed by atoms with Gasteiger partial charge >= 0.3 is 5.69 Å². The molecule has 4 nitrogen and oxygen atoms in total. The Morgan fingerprint density at radius 1 is 1.62 bits per heavy atom. The van der Waals surface area contributed by atoms with Gasteiger partial charge in [-0.15, -0.1) is 0 Å². The number of hydrogen-bond acceptors (Lipinski definition) is 2. The average molecular weight is 181 g/mol. The van der Waals surface area contributed by atoms with Crippen molar-refractivity contribution in [2.45, 2.75) is 19.4 Å². The van der Waals surface area contributed by atoms with E-state index in [1.54, 1.807) is 10.8 Å². The molecule has 1 fully saturated rings. The largest absolute Gasteiger partial charge is 0.325 e. The second-order valence-electron chi connectivity index (χ2n) is 3.59. The van der Waals surface area contributed by atoms with Crippen molar-refractivity contribution in [3.8, 4) is 0 Å². The Kier molecular flexibility index (Phi) is 2.22. The standard InChI is InChI=1S/C9H15N3O/c1-2-4-11-6-8(7-11)12-5-3-10-9(12)13/h3,5,8H,2,4,6-7H2,1H3,(H,10,13). The van der Waals surface area contributed by atoms with Crippen molar-refractivity contribution in [1.29, 1.82) is 0 Å². The van der Waals surface area contributed by atoms with Crippen LogP contribution in [0.25, 0.3) is 0 Å². The molecule has 0 amide bonds. The van der Waals surface area contributed by atoms with E-state index in [1.807, 2.05) is 6.20 Å². The molecule has 13 heavy (non-hydrogen) atoms. The van der Waals surface area contributed by atoms with Crippen LogP contribution in [0.1, 0.15) is 19.4 Å². The number of rotatable bonds is 3. The van der Waals surface area contributed by atoms with E-state index in [0.29, 0.717) is 6.04 Å². The van der Waals surface area contributed by atoms with Gasteiger partial charge in [0.05, 0.1) is 6.04 Å². The average Bonchev–Trinajstić information content (AvgIpc) is 2.43. The Morgan fingerprint density at radius 2 is 2.38 bits per heavy atom. The highest BCUT2D eigenvalue weighted by molar-refractivity contribution is 4.90. The second-order valence-corrected chi connectivity index (χ2v) is 3.59. The van der Waals surface area contributed by atoms with E-state index in [2.05, 4.69) is 16.8 Å². The summed E-state index contributed by atoms with van der Waals surface area (Å²) in [5.41, 5.74) is 0.0150. The molecule has 2 rings (SSSR count). The highest BCUT2D eigenvalue weighted by Gasteiger charge is 2.27. The normalized spacial score (nSPS) is 18.8. The Hall–Kier alpha value is -1.03. The number of aromatic nitrogens is 2. The first-order valence-electron chi connectivity index (χ1n) is 4.79. The van der Waals surface area contributed by atoms with Crippen LogP contribution >= 0.6 is 0 Å². The third kappa shape index (κ3) is 1.54. The Morgan fingerprint density at radius 3 is 2.92 bits per heavy atom. The van der Waals surface area contributed by atoms with Gasteiger partial charge in [0.2, 0.25) is 0 Å². The summed E-state index contributed by atoms with van der Waals surface area (Å²) in [7, 11) is 0. The summed E-state index contributed by atoms with van der Waals surface area (Å²) in [6.07, 6.45) is 4.72. The van der Waals surface area contributed by atoms with Crippen molar-refractivity contribution in [2.75, 3.05) is 19.6 Å². The lowest BCUT2D eigenvalue weighted by Crippen LogP contribution is -2.49. The summed E-state index contributed by atoms with van der Waals surface area (Å²) in [5, 5.41) is 0. The van der Waals surface area contributed by atoms with Gasteiger partial charge in [0, 0.05) is 25.5 Å². The van der Waals surface area contributed by atoms with Crippen molar-refractivity contribution in [2.24, 2.45) is 0 Å². The number of nitrogens with one attached hydrogen (secondary N) is 1. The molecule has 0 radical (unpaired) electrons. The fourth-order valence-corrected chi connectivity index (χ4v) is 1.84. The molecule has 0 aliphatic carbocycles. The topological polar surface area (TPSA) is 41.0 Å². The second kappa shape index (κ2) is 3.38. The van der Waals surface area contributed by atoms with Crippen LogP contribution < -0.4 is 5.69 Å². The summed E-state index contributed by atoms with van der Waals surface area (Å²) in [5.74, 6) is 0. The Bertz CT molecular complexity index is 322. The molecule has 72 valence electrons. The maximum absolute atomic E-state index is 11.2. The number of hydrogen-bond donors (Lipinski definition) is 1. The first-order chi connectivity index (χ1) is 6.31. The number of H-pyrrole nitrogens is 1. The zero-order chi connectivity index (χ0) is 9.26. The summed E-state index contributed by atoms with van der Waals surface area (Å²) in [6, 6.07) is 0.394. The van der Waals surface area contributed by atoms with Crippen LogP contribution in [0.2, 0.25) is 0 Å². The number of likely N-dealkylation sites (tertiary alicyclic amines) is 1. The molecule has 1 saturated heterocycles. The summed E-state index contributed by atoms with van der Waals surface area (Å²) in [4.78, 5) is 16.2. The van der Waals surface area contributed by atoms with Crippen LogP contribution in [0.15, 0.2) is 17.2 Å². The lowest BCUT2D eigenvalue weighted by atomic mass is 10.1. The minimum atomic E-state index is 0.0150. The third-order valence-electron chi connectivity index (χ3n) is 2.55. The molecule has 0 unspecified atom stereocenters. The van der Waals surface area contributed by atoms with Crippen LogP contribution in [0.4, 0.5) is 0 Å². The van der Waals surface area contributed by atoms with Gasteiger partial charge < -0.3 is 4.98 Å². The molecule has 0 spiro atoms. The molecule has 1 aliphatic heterocycles. The third-order valence-corrected chi connectivity index (χ3v) is 2.55. The molecular formula is C9H15N3O. The fourth-order valence-electron chi connectivity index (χ4n) is 1.84. The highest BCUT2D eigenvalue weighted by Crippen LogP contribution is 2.18. The quantitative estimate of drug-likeness (QED) is 0.735. The first-order valence-corrected chi connectivity index (χ1v) is 4.79. The molecule has 1 aromatic heterocycles. The van der Waals surface area contributed by atoms with Gasteiger partial charge in [-0.1, -0.05) is 6.92 Å². The van der Waals surface area contributed by atoms with Crippen molar-refractivity contribution >= 4 is 0 Å². The van der Waals surface area contributed by atoms with Gasteiger partial charge in [-0.3, -0.25) is 9.47 Å². The zero-order valence-electron chi connectivity index (χ0n) is 7.86. The molecular weight excluding hydrogens is 166 g/mol. The van der Waals surface area contributed by atoms with Crippen LogP contribution in [-0.4, -0.2) is 34.1 Å². The van der Waals surface area contributed by atoms with E-state index in [4.69, 9.17) is 0 Å². The van der Waals surface area contributed by atoms with Crippen molar-refractivity contribution in [1.82, 2.24) is 14.5 Å². The van der Waals surface area contributed by atoms with E-state index in [0.717, 1.165) is 19.6 Å². The van der Waals surface area contributed by atoms with Gasteiger partial charge in [-0.05, 0) is 13.0 Å². The molecule has 4 heteroatoms. The predicted molar refractivity (Wildman–Crippen MR) is 50.8 cm³/mol. The van der Waals surface area contributed by atoms with E-state index < -0.39 is 0 Å². The smallest absolute Gasteiger partial charge is 0.313 e. The Labute approximate surface area is 77.2 Å². The number of nitrogens with zero attached hydrogens (tertiary/aromatic N) is 2. The van der Waals surface area contributed by atoms with Crippen LogP contribution in [0, 0.1) is 0 Å². The van der Waals surface area contributed by atoms with Gasteiger partial charge in [-0.2, -0.15) is 0 Å². The monoisotopic (exact) mass is 181 g/mol. The summed E-state index contributed by atoms with van der Waals surface area (Å²) < 4.78 is 1.78. The maximum Gasteiger partial charge on any atom is 0.325 e. The molecule has 0 bridgehead atoms. The van der Waals surface area contributed by atoms with E-state index in [-0.39, 0.29) is 5.69 Å². The van der Waals surface area contributed by atoms with E-state index in [1.165, 1.54) is 6.42 Å². The fraction of sp³-hybridized carbons (Fsp3) is 0.667. The van der Waals surface area contributed by atoms with Gasteiger partial charge in [-0.25, -0.2) is 4.79 Å². The lowest BCUT2D eigenvalue weighted by molar-refractivity contribution is 0.105. The minimum absolute atomic E-state index is 0.0150. The van der Waals surface area contributed by atoms with Gasteiger partial charge in [0.1, 0.15) is 0 Å². The number of aromatic amines is 1. The number of imidazole rings is 1. The van der Waals surface area contributed by atoms with Gasteiger partial charge in [0.15, 0.2) is 0 Å². The molecule has 0 aromatic carbocycles. The zero-order valence-corrected chi connectivity index (χ0v) is 7.86. The van der Waals surface area contributed by atoms with Crippen LogP contribution in [0.5, 0.6) is 0 Å². The van der Waals surface area contributed by atoms with Crippen molar-refractivity contribution < 1.29 is 0 Å². The summed E-state index contributed by atoms with van der Waals surface area (Å²) >= 11 is 0. The molecule has 1 N–H and O–H groups in total. The minimum Gasteiger partial charge on any atom is -0.313 e. The maximum atomic E-state index is 11.2. The first kappa shape index (κ1) is 8.56. The molecule has 0 atom stereocenters. The summed E-state index contributed by atoms with van der Waals surface area (Å²) in [6.45, 7) is 5.36. The van der Waals surface area contributed by atoms with Gasteiger partial charge in [0.25, 0.3) is 0 Å². The highest BCUT2D eigenvalue weighted by atomic mass is 16.1. The van der Waals surface area contributed by atoms with E-state index >= 15 is 0 Å². The van der Waals surface area contributed by atoms with Crippen molar-refractivity contribution in [3.63, 3.8) is 0 Å². The van der Waals surface area contributed by atoms with Crippen LogP contribution in [0.3, 0.4) is 0 Å². The van der Waals surface area contributed by atoms with Crippen molar-refractivity contribution in [3.05, 3.63) is 22.9 Å². The SMILES string of the molecule is CCCN1CC(n2cc[nH]c2=O)C1. The van der Waals surface area contributed by atoms with E-state index in [9.17, 15) is 4.79 Å². The lowest BCUT2D eigenvalue weighted by Gasteiger charge is -2.39. The Balaban J connectivity index is 1.94.